The van der Waals surface area contributed by atoms with Crippen molar-refractivity contribution >= 4 is 17.7 Å². The lowest BCUT2D eigenvalue weighted by molar-refractivity contribution is -0.137. The van der Waals surface area contributed by atoms with Crippen molar-refractivity contribution in [2.24, 2.45) is 0 Å². The van der Waals surface area contributed by atoms with Gasteiger partial charge in [-0.2, -0.15) is 0 Å². The van der Waals surface area contributed by atoms with Gasteiger partial charge in [-0.3, -0.25) is 9.59 Å². The molecule has 6 heteroatoms. The monoisotopic (exact) mass is 305 g/mol. The van der Waals surface area contributed by atoms with Crippen molar-refractivity contribution in [3.05, 3.63) is 42.0 Å². The Bertz CT molecular complexity index is 562. The van der Waals surface area contributed by atoms with Gasteiger partial charge < -0.3 is 14.8 Å². The summed E-state index contributed by atoms with van der Waals surface area (Å²) in [7, 11) is 0. The van der Waals surface area contributed by atoms with E-state index in [1.165, 1.54) is 12.1 Å². The molecule has 0 saturated carbocycles. The van der Waals surface area contributed by atoms with Crippen LogP contribution in [0.15, 0.2) is 36.4 Å². The molecule has 1 amide bonds. The third kappa shape index (κ3) is 5.40. The van der Waals surface area contributed by atoms with Gasteiger partial charge in [-0.25, -0.2) is 4.79 Å². The van der Waals surface area contributed by atoms with Gasteiger partial charge in [0.05, 0.1) is 13.2 Å². The predicted molar refractivity (Wildman–Crippen MR) is 80.7 cm³/mol. The fourth-order valence-electron chi connectivity index (χ4n) is 1.50. The third-order valence-electron chi connectivity index (χ3n) is 2.62. The number of amides is 1. The lowest BCUT2D eigenvalue weighted by atomic mass is 10.1. The van der Waals surface area contributed by atoms with Crippen LogP contribution in [-0.2, 0) is 14.3 Å². The predicted octanol–water partition coefficient (Wildman–Crippen LogP) is 1.50. The molecule has 6 nitrogen and oxygen atoms in total. The summed E-state index contributed by atoms with van der Waals surface area (Å²) in [4.78, 5) is 34.2. The van der Waals surface area contributed by atoms with Gasteiger partial charge in [0.1, 0.15) is 12.4 Å². The van der Waals surface area contributed by atoms with E-state index in [4.69, 9.17) is 4.74 Å². The normalized spacial score (nSPS) is 9.73. The highest BCUT2D eigenvalue weighted by atomic mass is 16.5. The summed E-state index contributed by atoms with van der Waals surface area (Å²) in [5, 5.41) is 2.63. The van der Waals surface area contributed by atoms with Crippen molar-refractivity contribution in [3.8, 4) is 5.75 Å². The van der Waals surface area contributed by atoms with E-state index in [0.29, 0.717) is 17.9 Å². The van der Waals surface area contributed by atoms with Crippen molar-refractivity contribution in [1.82, 2.24) is 5.32 Å². The Balaban J connectivity index is 2.45. The molecule has 0 fully saturated rings. The molecule has 0 aromatic heterocycles. The van der Waals surface area contributed by atoms with Crippen molar-refractivity contribution in [2.75, 3.05) is 19.8 Å². The maximum absolute atomic E-state index is 11.7. The number of rotatable bonds is 8. The van der Waals surface area contributed by atoms with Crippen LogP contribution in [0, 0.1) is 0 Å². The van der Waals surface area contributed by atoms with Gasteiger partial charge in [-0.05, 0) is 38.1 Å². The summed E-state index contributed by atoms with van der Waals surface area (Å²) < 4.78 is 10.0. The molecular weight excluding hydrogens is 286 g/mol. The Labute approximate surface area is 129 Å². The first kappa shape index (κ1) is 17.4. The molecule has 0 aliphatic heterocycles. The fourth-order valence-corrected chi connectivity index (χ4v) is 1.50. The molecule has 0 saturated heterocycles. The quantitative estimate of drug-likeness (QED) is 0.259. The zero-order valence-electron chi connectivity index (χ0n) is 12.7. The smallest absolute Gasteiger partial charge is 0.379 e. The van der Waals surface area contributed by atoms with E-state index in [1.54, 1.807) is 26.0 Å². The van der Waals surface area contributed by atoms with E-state index in [1.807, 2.05) is 0 Å². The standard InChI is InChI=1S/C16H19NO5/c1-4-21-16(20)14(18)12-5-7-13(8-6-12)22-10-9-17-15(19)11(2)3/h5-8H,2,4,9-10H2,1,3H3,(H,17,19). The molecule has 118 valence electrons. The second-order valence-corrected chi connectivity index (χ2v) is 4.46. The highest BCUT2D eigenvalue weighted by Gasteiger charge is 2.17. The number of carbonyl (C=O) groups is 3. The summed E-state index contributed by atoms with van der Waals surface area (Å²) >= 11 is 0. The first-order valence-electron chi connectivity index (χ1n) is 6.83. The summed E-state index contributed by atoms with van der Waals surface area (Å²) in [6.07, 6.45) is 0. The molecule has 1 rings (SSSR count). The number of carbonyl (C=O) groups excluding carboxylic acids is 3. The molecule has 0 radical (unpaired) electrons. The lowest BCUT2D eigenvalue weighted by Crippen LogP contribution is -2.28. The average molecular weight is 305 g/mol. The summed E-state index contributed by atoms with van der Waals surface area (Å²) in [5.74, 6) is -1.26. The molecule has 0 aliphatic carbocycles. The van der Waals surface area contributed by atoms with E-state index in [-0.39, 0.29) is 24.7 Å². The number of ether oxygens (including phenoxy) is 2. The fraction of sp³-hybridized carbons (Fsp3) is 0.312. The van der Waals surface area contributed by atoms with E-state index < -0.39 is 11.8 Å². The molecular formula is C16H19NO5. The molecule has 0 spiro atoms. The van der Waals surface area contributed by atoms with Crippen LogP contribution in [0.1, 0.15) is 24.2 Å². The zero-order valence-corrected chi connectivity index (χ0v) is 12.7. The molecule has 1 N–H and O–H groups in total. The van der Waals surface area contributed by atoms with Gasteiger partial charge in [0.25, 0.3) is 5.78 Å². The van der Waals surface area contributed by atoms with Crippen molar-refractivity contribution < 1.29 is 23.9 Å². The molecule has 0 aliphatic rings. The molecule has 0 atom stereocenters. The average Bonchev–Trinajstić information content (AvgIpc) is 2.51. The topological polar surface area (TPSA) is 81.7 Å². The number of ketones is 1. The van der Waals surface area contributed by atoms with Crippen LogP contribution in [-0.4, -0.2) is 37.4 Å². The minimum absolute atomic E-state index is 0.154. The summed E-state index contributed by atoms with van der Waals surface area (Å²) in [6, 6.07) is 6.13. The van der Waals surface area contributed by atoms with Crippen LogP contribution in [0.3, 0.4) is 0 Å². The maximum Gasteiger partial charge on any atom is 0.379 e. The van der Waals surface area contributed by atoms with Gasteiger partial charge in [0.2, 0.25) is 5.91 Å². The second kappa shape index (κ2) is 8.61. The van der Waals surface area contributed by atoms with Crippen molar-refractivity contribution in [3.63, 3.8) is 0 Å². The first-order chi connectivity index (χ1) is 10.5. The highest BCUT2D eigenvalue weighted by molar-refractivity contribution is 6.40. The second-order valence-electron chi connectivity index (χ2n) is 4.46. The molecule has 0 heterocycles. The van der Waals surface area contributed by atoms with Crippen LogP contribution < -0.4 is 10.1 Å². The van der Waals surface area contributed by atoms with Gasteiger partial charge in [0, 0.05) is 11.1 Å². The number of Topliss-reactive ketones (excluding diaryl/α,β-unsaturated/α-hetero) is 1. The highest BCUT2D eigenvalue weighted by Crippen LogP contribution is 2.12. The van der Waals surface area contributed by atoms with Crippen LogP contribution in [0.4, 0.5) is 0 Å². The van der Waals surface area contributed by atoms with Gasteiger partial charge in [-0.15, -0.1) is 0 Å². The molecule has 1 aromatic carbocycles. The number of esters is 1. The van der Waals surface area contributed by atoms with E-state index in [2.05, 4.69) is 16.6 Å². The largest absolute Gasteiger partial charge is 0.492 e. The van der Waals surface area contributed by atoms with Crippen LogP contribution >= 0.6 is 0 Å². The van der Waals surface area contributed by atoms with Crippen LogP contribution in [0.25, 0.3) is 0 Å². The lowest BCUT2D eigenvalue weighted by Gasteiger charge is -2.08. The van der Waals surface area contributed by atoms with Crippen LogP contribution in [0.2, 0.25) is 0 Å². The number of benzene rings is 1. The van der Waals surface area contributed by atoms with Gasteiger partial charge in [-0.1, -0.05) is 6.58 Å². The first-order valence-corrected chi connectivity index (χ1v) is 6.83. The SMILES string of the molecule is C=C(C)C(=O)NCCOc1ccc(C(=O)C(=O)OCC)cc1. The van der Waals surface area contributed by atoms with E-state index in [9.17, 15) is 14.4 Å². The van der Waals surface area contributed by atoms with Gasteiger partial charge >= 0.3 is 5.97 Å². The Morgan fingerprint density at radius 3 is 2.36 bits per heavy atom. The van der Waals surface area contributed by atoms with Gasteiger partial charge in [0.15, 0.2) is 0 Å². The molecule has 22 heavy (non-hydrogen) atoms. The summed E-state index contributed by atoms with van der Waals surface area (Å²) in [6.45, 7) is 7.56. The number of nitrogens with one attached hydrogen (secondary N) is 1. The van der Waals surface area contributed by atoms with Crippen molar-refractivity contribution in [1.29, 1.82) is 0 Å². The van der Waals surface area contributed by atoms with E-state index in [0.717, 1.165) is 0 Å². The minimum atomic E-state index is -0.876. The molecule has 0 bridgehead atoms. The Morgan fingerprint density at radius 1 is 1.18 bits per heavy atom. The number of hydrogen-bond donors (Lipinski definition) is 1. The maximum atomic E-state index is 11.7. The molecule has 0 unspecified atom stereocenters. The Morgan fingerprint density at radius 2 is 1.82 bits per heavy atom. The third-order valence-corrected chi connectivity index (χ3v) is 2.62. The summed E-state index contributed by atoms with van der Waals surface area (Å²) in [5.41, 5.74) is 0.670. The Hall–Kier alpha value is -2.63. The van der Waals surface area contributed by atoms with E-state index >= 15 is 0 Å². The number of hydrogen-bond acceptors (Lipinski definition) is 5. The van der Waals surface area contributed by atoms with Crippen molar-refractivity contribution in [2.45, 2.75) is 13.8 Å². The van der Waals surface area contributed by atoms with Crippen LogP contribution in [0.5, 0.6) is 5.75 Å². The molecule has 1 aromatic rings. The minimum Gasteiger partial charge on any atom is -0.492 e. The Kier molecular flexibility index (Phi) is 6.82. The zero-order chi connectivity index (χ0) is 16.5.